The van der Waals surface area contributed by atoms with E-state index in [-0.39, 0.29) is 11.7 Å². The van der Waals surface area contributed by atoms with Gasteiger partial charge in [0.15, 0.2) is 5.69 Å². The van der Waals surface area contributed by atoms with E-state index in [1.54, 1.807) is 6.20 Å². The Morgan fingerprint density at radius 2 is 2.43 bits per heavy atom. The van der Waals surface area contributed by atoms with Crippen LogP contribution in [0.15, 0.2) is 6.20 Å². The van der Waals surface area contributed by atoms with Crippen LogP contribution in [0.25, 0.3) is 0 Å². The maximum absolute atomic E-state index is 11.0. The summed E-state index contributed by atoms with van der Waals surface area (Å²) >= 11 is 0. The van der Waals surface area contributed by atoms with Crippen LogP contribution in [0.2, 0.25) is 0 Å². The Balaban J connectivity index is 1.73. The summed E-state index contributed by atoms with van der Waals surface area (Å²) in [6, 6.07) is 0.275. The van der Waals surface area contributed by atoms with Gasteiger partial charge in [-0.3, -0.25) is 0 Å². The van der Waals surface area contributed by atoms with Crippen molar-refractivity contribution < 1.29 is 9.90 Å². The number of aromatic nitrogens is 6. The first-order valence-corrected chi connectivity index (χ1v) is 6.97. The van der Waals surface area contributed by atoms with Gasteiger partial charge in [-0.2, -0.15) is 0 Å². The lowest BCUT2D eigenvalue weighted by Crippen LogP contribution is -2.37. The van der Waals surface area contributed by atoms with Crippen molar-refractivity contribution in [2.24, 2.45) is 5.92 Å². The van der Waals surface area contributed by atoms with E-state index in [1.165, 1.54) is 0 Å². The average Bonchev–Trinajstić information content (AvgIpc) is 3.12. The topological polar surface area (TPSA) is 122 Å². The van der Waals surface area contributed by atoms with E-state index in [0.29, 0.717) is 11.9 Å². The highest BCUT2D eigenvalue weighted by Gasteiger charge is 2.29. The molecule has 0 spiro atoms. The Bertz CT molecular complexity index is 622. The van der Waals surface area contributed by atoms with Crippen molar-refractivity contribution in [2.75, 3.05) is 5.32 Å². The molecule has 0 fully saturated rings. The standard InChI is InChI=1S/C12H17N7O2/c1-2-8-7(3-4-10-15-17-18-16-10)5-19-6-9(11(20)21)14-12(19)13-8/h6-8H,2-5H2,1H3,(H,13,14)(H,20,21)(H,15,16,17,18). The lowest BCUT2D eigenvalue weighted by atomic mass is 9.91. The number of aromatic amines is 1. The fraction of sp³-hybridized carbons (Fsp3) is 0.583. The first-order chi connectivity index (χ1) is 10.2. The van der Waals surface area contributed by atoms with Crippen molar-refractivity contribution in [1.29, 1.82) is 0 Å². The molecule has 0 saturated carbocycles. The van der Waals surface area contributed by atoms with E-state index in [4.69, 9.17) is 5.11 Å². The third-order valence-corrected chi connectivity index (χ3v) is 3.89. The van der Waals surface area contributed by atoms with Gasteiger partial charge < -0.3 is 15.0 Å². The van der Waals surface area contributed by atoms with Gasteiger partial charge in [0.2, 0.25) is 5.95 Å². The van der Waals surface area contributed by atoms with E-state index < -0.39 is 5.97 Å². The molecule has 1 aliphatic heterocycles. The van der Waals surface area contributed by atoms with Gasteiger partial charge in [-0.25, -0.2) is 14.9 Å². The summed E-state index contributed by atoms with van der Waals surface area (Å²) in [5, 5.41) is 26.1. The highest BCUT2D eigenvalue weighted by atomic mass is 16.4. The summed E-state index contributed by atoms with van der Waals surface area (Å²) in [6.07, 6.45) is 4.22. The molecule has 0 bridgehead atoms. The van der Waals surface area contributed by atoms with Crippen molar-refractivity contribution in [1.82, 2.24) is 30.2 Å². The molecular weight excluding hydrogens is 274 g/mol. The van der Waals surface area contributed by atoms with Crippen LogP contribution in [-0.2, 0) is 13.0 Å². The minimum atomic E-state index is -1.00. The summed E-state index contributed by atoms with van der Waals surface area (Å²) in [4.78, 5) is 15.1. The number of carboxylic acids is 1. The highest BCUT2D eigenvalue weighted by Crippen LogP contribution is 2.27. The number of aromatic carboxylic acids is 1. The molecule has 0 aliphatic carbocycles. The second-order valence-corrected chi connectivity index (χ2v) is 5.21. The van der Waals surface area contributed by atoms with Crippen LogP contribution < -0.4 is 5.32 Å². The van der Waals surface area contributed by atoms with Crippen molar-refractivity contribution in [2.45, 2.75) is 38.8 Å². The fourth-order valence-corrected chi connectivity index (χ4v) is 2.77. The van der Waals surface area contributed by atoms with Crippen LogP contribution in [-0.4, -0.2) is 47.3 Å². The van der Waals surface area contributed by atoms with Gasteiger partial charge in [0.1, 0.15) is 5.82 Å². The minimum Gasteiger partial charge on any atom is -0.476 e. The maximum atomic E-state index is 11.0. The Hall–Kier alpha value is -2.45. The summed E-state index contributed by atoms with van der Waals surface area (Å²) in [6.45, 7) is 2.86. The number of hydrogen-bond acceptors (Lipinski definition) is 6. The van der Waals surface area contributed by atoms with Gasteiger partial charge >= 0.3 is 5.97 Å². The van der Waals surface area contributed by atoms with Gasteiger partial charge in [0.05, 0.1) is 0 Å². The molecule has 112 valence electrons. The van der Waals surface area contributed by atoms with Gasteiger partial charge in [-0.1, -0.05) is 6.92 Å². The number of rotatable bonds is 5. The van der Waals surface area contributed by atoms with Crippen LogP contribution >= 0.6 is 0 Å². The van der Waals surface area contributed by atoms with Crippen LogP contribution in [0, 0.1) is 5.92 Å². The molecule has 0 aromatic carbocycles. The predicted octanol–water partition coefficient (Wildman–Crippen LogP) is 0.547. The largest absolute Gasteiger partial charge is 0.476 e. The number of carbonyl (C=O) groups is 1. The minimum absolute atomic E-state index is 0.0763. The zero-order chi connectivity index (χ0) is 14.8. The van der Waals surface area contributed by atoms with Gasteiger partial charge in [0.25, 0.3) is 0 Å². The fourth-order valence-electron chi connectivity index (χ4n) is 2.77. The molecule has 0 amide bonds. The number of imidazole rings is 1. The Labute approximate surface area is 120 Å². The second kappa shape index (κ2) is 5.51. The van der Waals surface area contributed by atoms with Gasteiger partial charge in [-0.05, 0) is 29.2 Å². The van der Waals surface area contributed by atoms with Gasteiger partial charge in [0, 0.05) is 25.2 Å². The molecule has 3 N–H and O–H groups in total. The Morgan fingerprint density at radius 3 is 3.10 bits per heavy atom. The summed E-state index contributed by atoms with van der Waals surface area (Å²) in [7, 11) is 0. The molecular formula is C12H17N7O2. The Kier molecular flexibility index (Phi) is 3.55. The first kappa shape index (κ1) is 13.5. The van der Waals surface area contributed by atoms with E-state index >= 15 is 0 Å². The number of anilines is 1. The highest BCUT2D eigenvalue weighted by molar-refractivity contribution is 5.85. The SMILES string of the molecule is CCC1Nc2nc(C(=O)O)cn2CC1CCc1nnn[nH]1. The number of nitrogens with one attached hydrogen (secondary N) is 2. The summed E-state index contributed by atoms with van der Waals surface area (Å²) < 4.78 is 1.87. The molecule has 3 rings (SSSR count). The second-order valence-electron chi connectivity index (χ2n) is 5.21. The van der Waals surface area contributed by atoms with Crippen molar-refractivity contribution in [3.63, 3.8) is 0 Å². The van der Waals surface area contributed by atoms with Gasteiger partial charge in [-0.15, -0.1) is 5.10 Å². The van der Waals surface area contributed by atoms with E-state index in [1.807, 2.05) is 4.57 Å². The quantitative estimate of drug-likeness (QED) is 0.735. The van der Waals surface area contributed by atoms with E-state index in [9.17, 15) is 4.79 Å². The summed E-state index contributed by atoms with van der Waals surface area (Å²) in [5.41, 5.74) is 0.0763. The van der Waals surface area contributed by atoms with Crippen LogP contribution in [0.3, 0.4) is 0 Å². The molecule has 9 nitrogen and oxygen atoms in total. The molecule has 2 aromatic heterocycles. The van der Waals surface area contributed by atoms with Crippen molar-refractivity contribution in [3.8, 4) is 0 Å². The number of nitrogens with zero attached hydrogens (tertiary/aromatic N) is 5. The van der Waals surface area contributed by atoms with E-state index in [2.05, 4.69) is 37.8 Å². The first-order valence-electron chi connectivity index (χ1n) is 6.97. The number of hydrogen-bond donors (Lipinski definition) is 3. The van der Waals surface area contributed by atoms with Crippen LogP contribution in [0.1, 0.15) is 36.1 Å². The molecule has 1 aliphatic rings. The number of fused-ring (bicyclic) bond motifs is 1. The normalized spacial score (nSPS) is 20.8. The molecule has 0 saturated heterocycles. The zero-order valence-corrected chi connectivity index (χ0v) is 11.7. The molecule has 3 heterocycles. The molecule has 9 heteroatoms. The molecule has 0 radical (unpaired) electrons. The average molecular weight is 291 g/mol. The van der Waals surface area contributed by atoms with Crippen molar-refractivity contribution in [3.05, 3.63) is 17.7 Å². The number of H-pyrrole nitrogens is 1. The van der Waals surface area contributed by atoms with Crippen LogP contribution in [0.4, 0.5) is 5.95 Å². The molecule has 2 atom stereocenters. The number of tetrazole rings is 1. The predicted molar refractivity (Wildman–Crippen MR) is 72.9 cm³/mol. The lowest BCUT2D eigenvalue weighted by Gasteiger charge is -2.33. The monoisotopic (exact) mass is 291 g/mol. The molecule has 21 heavy (non-hydrogen) atoms. The third-order valence-electron chi connectivity index (χ3n) is 3.89. The zero-order valence-electron chi connectivity index (χ0n) is 11.7. The molecule has 2 unspecified atom stereocenters. The van der Waals surface area contributed by atoms with Crippen molar-refractivity contribution >= 4 is 11.9 Å². The number of aryl methyl sites for hydroxylation is 1. The Morgan fingerprint density at radius 1 is 1.57 bits per heavy atom. The smallest absolute Gasteiger partial charge is 0.356 e. The number of carboxylic acid groups (broad SMARTS) is 1. The lowest BCUT2D eigenvalue weighted by molar-refractivity contribution is 0.0691. The summed E-state index contributed by atoms with van der Waals surface area (Å²) in [5.74, 6) is 0.781. The van der Waals surface area contributed by atoms with Crippen LogP contribution in [0.5, 0.6) is 0 Å². The molecule has 2 aromatic rings. The third kappa shape index (κ3) is 2.71. The maximum Gasteiger partial charge on any atom is 0.356 e. The van der Waals surface area contributed by atoms with E-state index in [0.717, 1.165) is 31.6 Å².